The van der Waals surface area contributed by atoms with Crippen molar-refractivity contribution < 1.29 is 4.74 Å². The number of thiophene rings is 1. The highest BCUT2D eigenvalue weighted by Crippen LogP contribution is 2.39. The van der Waals surface area contributed by atoms with Crippen LogP contribution in [0, 0.1) is 0 Å². The number of aromatic nitrogens is 4. The predicted molar refractivity (Wildman–Crippen MR) is 93.2 cm³/mol. The highest BCUT2D eigenvalue weighted by Gasteiger charge is 2.30. The van der Waals surface area contributed by atoms with Gasteiger partial charge in [0.15, 0.2) is 11.5 Å². The first-order chi connectivity index (χ1) is 11.6. The fourth-order valence-electron chi connectivity index (χ4n) is 3.79. The van der Waals surface area contributed by atoms with Crippen LogP contribution >= 0.6 is 11.3 Å². The summed E-state index contributed by atoms with van der Waals surface area (Å²) in [4.78, 5) is 14.3. The molecule has 126 valence electrons. The second-order valence-corrected chi connectivity index (χ2v) is 8.52. The summed E-state index contributed by atoms with van der Waals surface area (Å²) < 4.78 is 7.81. The van der Waals surface area contributed by atoms with Crippen molar-refractivity contribution in [2.45, 2.75) is 51.9 Å². The average molecular weight is 343 g/mol. The van der Waals surface area contributed by atoms with Crippen LogP contribution in [0.25, 0.3) is 15.9 Å². The van der Waals surface area contributed by atoms with Crippen LogP contribution in [0.5, 0.6) is 0 Å². The molecule has 0 spiro atoms. The van der Waals surface area contributed by atoms with Gasteiger partial charge >= 0.3 is 0 Å². The molecule has 0 N–H and O–H groups in total. The van der Waals surface area contributed by atoms with Gasteiger partial charge in [-0.3, -0.25) is 4.90 Å². The number of hydrogen-bond donors (Lipinski definition) is 0. The normalized spacial score (nSPS) is 20.9. The molecule has 3 aromatic heterocycles. The molecule has 0 atom stereocenters. The molecule has 0 saturated carbocycles. The standard InChI is InChI=1S/C17H21N5OS/c1-17(2)7-11-12(9-23-17)24-16-14(11)15-19-13(20-22(15)10-18-16)8-21-5-3-4-6-21/h10H,3-9H2,1-2H3. The van der Waals surface area contributed by atoms with Crippen LogP contribution in [0.2, 0.25) is 0 Å². The molecule has 0 bridgehead atoms. The molecule has 7 heteroatoms. The van der Waals surface area contributed by atoms with Crippen molar-refractivity contribution in [1.29, 1.82) is 0 Å². The average Bonchev–Trinajstić information content (AvgIpc) is 3.23. The summed E-state index contributed by atoms with van der Waals surface area (Å²) in [6, 6.07) is 0. The first-order valence-corrected chi connectivity index (χ1v) is 9.41. The quantitative estimate of drug-likeness (QED) is 0.716. The maximum absolute atomic E-state index is 5.96. The highest BCUT2D eigenvalue weighted by atomic mass is 32.1. The summed E-state index contributed by atoms with van der Waals surface area (Å²) in [6.45, 7) is 8.12. The van der Waals surface area contributed by atoms with E-state index in [1.165, 1.54) is 28.7 Å². The van der Waals surface area contributed by atoms with Crippen molar-refractivity contribution in [2.75, 3.05) is 13.1 Å². The molecule has 24 heavy (non-hydrogen) atoms. The second-order valence-electron chi connectivity index (χ2n) is 7.43. The van der Waals surface area contributed by atoms with Gasteiger partial charge in [-0.2, -0.15) is 0 Å². The summed E-state index contributed by atoms with van der Waals surface area (Å²) in [7, 11) is 0. The Morgan fingerprint density at radius 1 is 1.29 bits per heavy atom. The van der Waals surface area contributed by atoms with E-state index >= 15 is 0 Å². The molecule has 5 rings (SSSR count). The van der Waals surface area contributed by atoms with E-state index < -0.39 is 0 Å². The highest BCUT2D eigenvalue weighted by molar-refractivity contribution is 7.19. The monoisotopic (exact) mass is 343 g/mol. The minimum absolute atomic E-state index is 0.133. The van der Waals surface area contributed by atoms with Crippen LogP contribution < -0.4 is 0 Å². The molecule has 0 aliphatic carbocycles. The zero-order chi connectivity index (χ0) is 16.3. The van der Waals surface area contributed by atoms with Gasteiger partial charge in [-0.25, -0.2) is 14.5 Å². The van der Waals surface area contributed by atoms with E-state index in [1.807, 2.05) is 4.52 Å². The SMILES string of the molecule is CC1(C)Cc2c(sc3ncn4nc(CN5CCCC5)nc4c23)CO1. The van der Waals surface area contributed by atoms with Crippen molar-refractivity contribution in [3.05, 3.63) is 22.6 Å². The van der Waals surface area contributed by atoms with Crippen LogP contribution in [-0.4, -0.2) is 43.2 Å². The number of rotatable bonds is 2. The van der Waals surface area contributed by atoms with Crippen LogP contribution in [0.3, 0.4) is 0 Å². The Kier molecular flexibility index (Phi) is 3.20. The minimum Gasteiger partial charge on any atom is -0.370 e. The summed E-state index contributed by atoms with van der Waals surface area (Å²) in [5.74, 6) is 0.900. The summed E-state index contributed by atoms with van der Waals surface area (Å²) in [5, 5.41) is 5.84. The van der Waals surface area contributed by atoms with Crippen LogP contribution in [0.15, 0.2) is 6.33 Å². The van der Waals surface area contributed by atoms with Crippen LogP contribution in [-0.2, 0) is 24.3 Å². The Morgan fingerprint density at radius 3 is 2.96 bits per heavy atom. The lowest BCUT2D eigenvalue weighted by molar-refractivity contribution is -0.0379. The van der Waals surface area contributed by atoms with E-state index in [-0.39, 0.29) is 5.60 Å². The van der Waals surface area contributed by atoms with E-state index in [2.05, 4.69) is 28.8 Å². The fraction of sp³-hybridized carbons (Fsp3) is 0.588. The topological polar surface area (TPSA) is 55.5 Å². The Morgan fingerprint density at radius 2 is 2.12 bits per heavy atom. The molecular weight excluding hydrogens is 322 g/mol. The number of fused-ring (bicyclic) bond motifs is 5. The van der Waals surface area contributed by atoms with Gasteiger partial charge < -0.3 is 4.74 Å². The van der Waals surface area contributed by atoms with Gasteiger partial charge in [0.05, 0.1) is 24.1 Å². The lowest BCUT2D eigenvalue weighted by Gasteiger charge is -2.30. The molecule has 2 aliphatic heterocycles. The molecule has 3 aromatic rings. The summed E-state index contributed by atoms with van der Waals surface area (Å²) >= 11 is 1.73. The second kappa shape index (κ2) is 5.21. The third kappa shape index (κ3) is 2.34. The number of ether oxygens (including phenoxy) is 1. The van der Waals surface area contributed by atoms with Gasteiger partial charge in [0.25, 0.3) is 0 Å². The molecule has 0 aromatic carbocycles. The first-order valence-electron chi connectivity index (χ1n) is 8.60. The molecule has 6 nitrogen and oxygen atoms in total. The molecule has 2 aliphatic rings. The molecule has 5 heterocycles. The first kappa shape index (κ1) is 14.7. The van der Waals surface area contributed by atoms with E-state index in [1.54, 1.807) is 17.7 Å². The van der Waals surface area contributed by atoms with E-state index in [9.17, 15) is 0 Å². The lowest BCUT2D eigenvalue weighted by Crippen LogP contribution is -2.31. The third-order valence-corrected chi connectivity index (χ3v) is 6.13. The van der Waals surface area contributed by atoms with Crippen LogP contribution in [0.1, 0.15) is 43.0 Å². The van der Waals surface area contributed by atoms with Gasteiger partial charge in [0.2, 0.25) is 0 Å². The number of likely N-dealkylation sites (tertiary alicyclic amines) is 1. The van der Waals surface area contributed by atoms with Crippen molar-refractivity contribution in [3.63, 3.8) is 0 Å². The Balaban J connectivity index is 1.63. The maximum atomic E-state index is 5.96. The van der Waals surface area contributed by atoms with Gasteiger partial charge in [-0.1, -0.05) is 0 Å². The number of nitrogens with zero attached hydrogens (tertiary/aromatic N) is 5. The third-order valence-electron chi connectivity index (χ3n) is 5.02. The van der Waals surface area contributed by atoms with Gasteiger partial charge in [0, 0.05) is 11.3 Å². The Bertz CT molecular complexity index is 922. The predicted octanol–water partition coefficient (Wildman–Crippen LogP) is 2.79. The van der Waals surface area contributed by atoms with E-state index in [0.29, 0.717) is 6.61 Å². The molecule has 0 unspecified atom stereocenters. The number of hydrogen-bond acceptors (Lipinski definition) is 6. The Labute approximate surface area is 144 Å². The smallest absolute Gasteiger partial charge is 0.168 e. The van der Waals surface area contributed by atoms with E-state index in [0.717, 1.165) is 42.4 Å². The van der Waals surface area contributed by atoms with Crippen molar-refractivity contribution in [1.82, 2.24) is 24.5 Å². The van der Waals surface area contributed by atoms with Crippen molar-refractivity contribution in [3.8, 4) is 0 Å². The fourth-order valence-corrected chi connectivity index (χ4v) is 4.86. The molecule has 1 saturated heterocycles. The summed E-state index contributed by atoms with van der Waals surface area (Å²) in [5.41, 5.74) is 2.17. The zero-order valence-electron chi connectivity index (χ0n) is 14.1. The molecule has 0 radical (unpaired) electrons. The molecule has 0 amide bonds. The molecule has 1 fully saturated rings. The largest absolute Gasteiger partial charge is 0.370 e. The maximum Gasteiger partial charge on any atom is 0.168 e. The zero-order valence-corrected chi connectivity index (χ0v) is 14.9. The van der Waals surface area contributed by atoms with Gasteiger partial charge in [0.1, 0.15) is 11.2 Å². The summed E-state index contributed by atoms with van der Waals surface area (Å²) in [6.07, 6.45) is 5.27. The van der Waals surface area contributed by atoms with Crippen molar-refractivity contribution in [2.24, 2.45) is 0 Å². The minimum atomic E-state index is -0.133. The van der Waals surface area contributed by atoms with Crippen molar-refractivity contribution >= 4 is 27.2 Å². The van der Waals surface area contributed by atoms with Gasteiger partial charge in [-0.05, 0) is 45.3 Å². The Hall–Kier alpha value is -1.57. The van der Waals surface area contributed by atoms with E-state index in [4.69, 9.17) is 9.72 Å². The lowest BCUT2D eigenvalue weighted by atomic mass is 9.94. The van der Waals surface area contributed by atoms with Gasteiger partial charge in [-0.15, -0.1) is 16.4 Å². The van der Waals surface area contributed by atoms with Crippen LogP contribution in [0.4, 0.5) is 0 Å². The molecular formula is C17H21N5OS.